The van der Waals surface area contributed by atoms with E-state index in [2.05, 4.69) is 9.97 Å². The van der Waals surface area contributed by atoms with Gasteiger partial charge in [-0.2, -0.15) is 4.98 Å². The number of carbonyl (C=O) groups is 2. The normalized spacial score (nSPS) is 12.3. The van der Waals surface area contributed by atoms with E-state index in [0.717, 1.165) is 0 Å². The molecule has 2 heterocycles. The van der Waals surface area contributed by atoms with E-state index < -0.39 is 17.8 Å². The van der Waals surface area contributed by atoms with E-state index in [-0.39, 0.29) is 30.3 Å². The van der Waals surface area contributed by atoms with Crippen LogP contribution in [-0.4, -0.2) is 37.8 Å². The van der Waals surface area contributed by atoms with E-state index in [4.69, 9.17) is 15.2 Å². The largest absolute Gasteiger partial charge is 0.436 e. The minimum Gasteiger partial charge on any atom is -0.436 e. The molecule has 1 atom stereocenters. The summed E-state index contributed by atoms with van der Waals surface area (Å²) in [6.45, 7) is 2.75. The van der Waals surface area contributed by atoms with E-state index in [0.29, 0.717) is 4.57 Å². The van der Waals surface area contributed by atoms with Crippen LogP contribution in [0.3, 0.4) is 0 Å². The van der Waals surface area contributed by atoms with Gasteiger partial charge in [-0.25, -0.2) is 9.55 Å². The van der Waals surface area contributed by atoms with Crippen molar-refractivity contribution in [2.24, 2.45) is 0 Å². The van der Waals surface area contributed by atoms with Crippen molar-refractivity contribution in [3.05, 3.63) is 16.7 Å². The van der Waals surface area contributed by atoms with Crippen molar-refractivity contribution in [3.63, 3.8) is 0 Å². The molecule has 2 aromatic heterocycles. The molecule has 0 bridgehead atoms. The SMILES string of the molecule is CC(=O)OC(C)OCn1cnc2c(=O)n(C=O)c(N)nc21. The first-order valence-electron chi connectivity index (χ1n) is 5.91. The Kier molecular flexibility index (Phi) is 3.98. The van der Waals surface area contributed by atoms with Crippen LogP contribution in [0.2, 0.25) is 0 Å². The molecule has 10 nitrogen and oxygen atoms in total. The Morgan fingerprint density at radius 1 is 1.57 bits per heavy atom. The molecule has 0 amide bonds. The third-order valence-electron chi connectivity index (χ3n) is 2.58. The average molecular weight is 295 g/mol. The molecule has 0 aliphatic carbocycles. The number of fused-ring (bicyclic) bond motifs is 1. The Morgan fingerprint density at radius 2 is 2.29 bits per heavy atom. The van der Waals surface area contributed by atoms with Gasteiger partial charge in [0.2, 0.25) is 18.6 Å². The molecule has 0 radical (unpaired) electrons. The zero-order valence-corrected chi connectivity index (χ0v) is 11.3. The van der Waals surface area contributed by atoms with Crippen molar-refractivity contribution in [2.75, 3.05) is 5.73 Å². The van der Waals surface area contributed by atoms with Gasteiger partial charge in [0, 0.05) is 6.92 Å². The molecule has 0 fully saturated rings. The number of nitrogens with two attached hydrogens (primary N) is 1. The Labute approximate surface area is 118 Å². The smallest absolute Gasteiger partial charge is 0.304 e. The summed E-state index contributed by atoms with van der Waals surface area (Å²) in [5.74, 6) is -0.730. The molecule has 10 heteroatoms. The van der Waals surface area contributed by atoms with E-state index in [9.17, 15) is 14.4 Å². The van der Waals surface area contributed by atoms with E-state index in [1.807, 2.05) is 0 Å². The number of carbonyl (C=O) groups excluding carboxylic acids is 2. The van der Waals surface area contributed by atoms with Crippen LogP contribution in [0.15, 0.2) is 11.1 Å². The molecule has 2 N–H and O–H groups in total. The van der Waals surface area contributed by atoms with E-state index >= 15 is 0 Å². The highest BCUT2D eigenvalue weighted by molar-refractivity contribution is 5.74. The van der Waals surface area contributed by atoms with Crippen molar-refractivity contribution in [2.45, 2.75) is 26.9 Å². The fraction of sp³-hybridized carbons (Fsp3) is 0.364. The number of aromatic nitrogens is 4. The Hall–Kier alpha value is -2.75. The van der Waals surface area contributed by atoms with E-state index in [1.165, 1.54) is 17.8 Å². The van der Waals surface area contributed by atoms with Gasteiger partial charge in [0.1, 0.15) is 6.73 Å². The summed E-state index contributed by atoms with van der Waals surface area (Å²) in [7, 11) is 0. The Morgan fingerprint density at radius 3 is 2.90 bits per heavy atom. The van der Waals surface area contributed by atoms with Crippen LogP contribution in [-0.2, 0) is 25.8 Å². The number of ether oxygens (including phenoxy) is 2. The van der Waals surface area contributed by atoms with Gasteiger partial charge < -0.3 is 15.2 Å². The highest BCUT2D eigenvalue weighted by Crippen LogP contribution is 2.09. The second-order valence-electron chi connectivity index (χ2n) is 4.11. The lowest BCUT2D eigenvalue weighted by Crippen LogP contribution is -2.24. The predicted molar refractivity (Wildman–Crippen MR) is 70.7 cm³/mol. The lowest BCUT2D eigenvalue weighted by Gasteiger charge is -2.13. The van der Waals surface area contributed by atoms with Gasteiger partial charge in [0.15, 0.2) is 11.2 Å². The first-order chi connectivity index (χ1) is 9.93. The zero-order chi connectivity index (χ0) is 15.6. The fourth-order valence-electron chi connectivity index (χ4n) is 1.67. The molecule has 0 aliphatic heterocycles. The minimum atomic E-state index is -0.771. The molecule has 2 rings (SSSR count). The summed E-state index contributed by atoms with van der Waals surface area (Å²) in [6.07, 6.45) is 0.809. The van der Waals surface area contributed by atoms with E-state index in [1.54, 1.807) is 6.92 Å². The van der Waals surface area contributed by atoms with Gasteiger partial charge in [-0.15, -0.1) is 0 Å². The van der Waals surface area contributed by atoms with Crippen LogP contribution in [0.25, 0.3) is 11.2 Å². The molecule has 0 aromatic carbocycles. The number of esters is 1. The van der Waals surface area contributed by atoms with Crippen LogP contribution < -0.4 is 11.3 Å². The molecule has 21 heavy (non-hydrogen) atoms. The van der Waals surface area contributed by atoms with Gasteiger partial charge in [-0.1, -0.05) is 0 Å². The molecule has 0 aliphatic rings. The first kappa shape index (κ1) is 14.7. The number of imidazole rings is 1. The van der Waals surface area contributed by atoms with Crippen LogP contribution in [0.4, 0.5) is 5.95 Å². The molecule has 0 saturated heterocycles. The van der Waals surface area contributed by atoms with Crippen molar-refractivity contribution < 1.29 is 19.1 Å². The van der Waals surface area contributed by atoms with Crippen LogP contribution in [0, 0.1) is 0 Å². The quantitative estimate of drug-likeness (QED) is 0.426. The van der Waals surface area contributed by atoms with Gasteiger partial charge in [-0.05, 0) is 6.92 Å². The number of hydrogen-bond donors (Lipinski definition) is 1. The maximum Gasteiger partial charge on any atom is 0.304 e. The molecule has 0 spiro atoms. The van der Waals surface area contributed by atoms with Crippen LogP contribution in [0.5, 0.6) is 0 Å². The summed E-state index contributed by atoms with van der Waals surface area (Å²) in [5.41, 5.74) is 5.01. The third-order valence-corrected chi connectivity index (χ3v) is 2.58. The summed E-state index contributed by atoms with van der Waals surface area (Å²) >= 11 is 0. The van der Waals surface area contributed by atoms with Crippen molar-refractivity contribution in [1.29, 1.82) is 0 Å². The number of nitrogen functional groups attached to an aromatic ring is 1. The van der Waals surface area contributed by atoms with Crippen LogP contribution in [0.1, 0.15) is 13.8 Å². The Bertz CT molecular complexity index is 749. The van der Waals surface area contributed by atoms with Crippen molar-refractivity contribution in [1.82, 2.24) is 19.1 Å². The highest BCUT2D eigenvalue weighted by atomic mass is 16.7. The molecule has 1 unspecified atom stereocenters. The third kappa shape index (κ3) is 2.89. The second-order valence-corrected chi connectivity index (χ2v) is 4.11. The van der Waals surface area contributed by atoms with Gasteiger partial charge in [0.25, 0.3) is 5.56 Å². The molecular formula is C11H13N5O5. The minimum absolute atomic E-state index is 0.0139. The van der Waals surface area contributed by atoms with Gasteiger partial charge in [0.05, 0.1) is 6.33 Å². The standard InChI is InChI=1S/C11H13N5O5/c1-6(18)21-7(2)20-5-15-3-13-8-9(15)14-11(12)16(4-17)10(8)19/h3-4,7H,5H2,1-2H3,(H2,12,14). The molecule has 2 aromatic rings. The number of anilines is 1. The lowest BCUT2D eigenvalue weighted by atomic mass is 10.5. The topological polar surface area (TPSA) is 131 Å². The van der Waals surface area contributed by atoms with Crippen molar-refractivity contribution in [3.8, 4) is 0 Å². The maximum absolute atomic E-state index is 11.9. The molecule has 112 valence electrons. The summed E-state index contributed by atoms with van der Waals surface area (Å²) in [6, 6.07) is 0. The molecular weight excluding hydrogens is 282 g/mol. The first-order valence-corrected chi connectivity index (χ1v) is 5.91. The molecule has 0 saturated carbocycles. The zero-order valence-electron chi connectivity index (χ0n) is 11.3. The van der Waals surface area contributed by atoms with Gasteiger partial charge in [-0.3, -0.25) is 19.0 Å². The van der Waals surface area contributed by atoms with Crippen molar-refractivity contribution >= 4 is 29.5 Å². The average Bonchev–Trinajstić information content (AvgIpc) is 2.79. The fourth-order valence-corrected chi connectivity index (χ4v) is 1.67. The number of rotatable bonds is 5. The lowest BCUT2D eigenvalue weighted by molar-refractivity contribution is -0.178. The monoisotopic (exact) mass is 295 g/mol. The highest BCUT2D eigenvalue weighted by Gasteiger charge is 2.14. The Balaban J connectivity index is 2.29. The summed E-state index contributed by atoms with van der Waals surface area (Å²) < 4.78 is 12.1. The summed E-state index contributed by atoms with van der Waals surface area (Å²) in [5, 5.41) is 0. The predicted octanol–water partition coefficient (Wildman–Crippen LogP) is -0.903. The summed E-state index contributed by atoms with van der Waals surface area (Å²) in [4.78, 5) is 41.2. The number of nitrogens with zero attached hydrogens (tertiary/aromatic N) is 4. The maximum atomic E-state index is 11.9. The van der Waals surface area contributed by atoms with Crippen LogP contribution >= 0.6 is 0 Å². The number of hydrogen-bond acceptors (Lipinski definition) is 8. The van der Waals surface area contributed by atoms with Gasteiger partial charge >= 0.3 is 5.97 Å². The second kappa shape index (κ2) is 5.71.